The van der Waals surface area contributed by atoms with E-state index in [1.165, 1.54) is 180 Å². The van der Waals surface area contributed by atoms with Crippen molar-refractivity contribution in [2.24, 2.45) is 23.7 Å². The van der Waals surface area contributed by atoms with E-state index < -0.39 is 97.5 Å². The Morgan fingerprint density at radius 3 is 0.747 bits per heavy atom. The molecule has 0 aromatic carbocycles. The third-order valence-electron chi connectivity index (χ3n) is 17.9. The SMILES string of the molecule is CCC(C)CCCCCCCCC(=O)OC[C@H](COP(=O)(O)OC[C@H](O)COP(=O)(O)OC[C@@H](COC(=O)CCCCCCCCCCCCCCCCCCCCC(C)C)OC(=O)CCCCCCCCCCC(C)C)OC(=O)CCCCCCCCCCCCC(C)C. The zero-order chi connectivity index (χ0) is 70.3. The van der Waals surface area contributed by atoms with Gasteiger partial charge in [0, 0.05) is 25.7 Å². The van der Waals surface area contributed by atoms with Gasteiger partial charge in [-0.3, -0.25) is 37.3 Å². The van der Waals surface area contributed by atoms with Crippen LogP contribution in [0.25, 0.3) is 0 Å². The fraction of sp³-hybridized carbons (Fsp3) is 0.947. The van der Waals surface area contributed by atoms with E-state index in [2.05, 4.69) is 55.4 Å². The van der Waals surface area contributed by atoms with Crippen LogP contribution in [0.4, 0.5) is 0 Å². The van der Waals surface area contributed by atoms with Gasteiger partial charge in [-0.2, -0.15) is 0 Å². The molecule has 3 N–H and O–H groups in total. The van der Waals surface area contributed by atoms with Crippen LogP contribution in [0.1, 0.15) is 383 Å². The number of carbonyl (C=O) groups is 4. The zero-order valence-electron chi connectivity index (χ0n) is 62.3. The molecule has 0 aliphatic rings. The van der Waals surface area contributed by atoms with Crippen LogP contribution in [0, 0.1) is 23.7 Å². The van der Waals surface area contributed by atoms with Crippen LogP contribution in [-0.2, 0) is 65.4 Å². The predicted octanol–water partition coefficient (Wildman–Crippen LogP) is 22.0. The highest BCUT2D eigenvalue weighted by Gasteiger charge is 2.30. The Kier molecular flexibility index (Phi) is 64.0. The number of aliphatic hydroxyl groups excluding tert-OH is 1. The Morgan fingerprint density at radius 1 is 0.295 bits per heavy atom. The van der Waals surface area contributed by atoms with Crippen molar-refractivity contribution in [1.82, 2.24) is 0 Å². The van der Waals surface area contributed by atoms with Gasteiger partial charge in [0.15, 0.2) is 12.2 Å². The minimum Gasteiger partial charge on any atom is -0.462 e. The van der Waals surface area contributed by atoms with E-state index in [4.69, 9.17) is 37.0 Å². The summed E-state index contributed by atoms with van der Waals surface area (Å²) in [5.41, 5.74) is 0. The van der Waals surface area contributed by atoms with E-state index in [1.54, 1.807) is 0 Å². The molecule has 0 saturated carbocycles. The van der Waals surface area contributed by atoms with Gasteiger partial charge in [-0.05, 0) is 49.4 Å². The molecule has 19 heteroatoms. The Hall–Kier alpha value is -1.94. The minimum absolute atomic E-state index is 0.104. The molecule has 0 aromatic heterocycles. The maximum atomic E-state index is 13.1. The van der Waals surface area contributed by atoms with E-state index in [-0.39, 0.29) is 25.7 Å². The van der Waals surface area contributed by atoms with E-state index in [1.807, 2.05) is 0 Å². The van der Waals surface area contributed by atoms with Crippen LogP contribution in [-0.4, -0.2) is 96.7 Å². The number of aliphatic hydroxyl groups is 1. The highest BCUT2D eigenvalue weighted by molar-refractivity contribution is 7.47. The van der Waals surface area contributed by atoms with Gasteiger partial charge in [0.2, 0.25) is 0 Å². The Bertz CT molecular complexity index is 1870. The first kappa shape index (κ1) is 93.1. The average molecular weight is 1400 g/mol. The summed E-state index contributed by atoms with van der Waals surface area (Å²) in [6, 6.07) is 0. The van der Waals surface area contributed by atoms with Gasteiger partial charge in [0.05, 0.1) is 26.4 Å². The number of ether oxygens (including phenoxy) is 4. The molecule has 0 saturated heterocycles. The van der Waals surface area contributed by atoms with Gasteiger partial charge in [-0.1, -0.05) is 331 Å². The monoisotopic (exact) mass is 1400 g/mol. The van der Waals surface area contributed by atoms with Crippen molar-refractivity contribution in [3.63, 3.8) is 0 Å². The Balaban J connectivity index is 5.17. The first-order valence-corrected chi connectivity index (χ1v) is 42.2. The number of hydrogen-bond acceptors (Lipinski definition) is 15. The fourth-order valence-electron chi connectivity index (χ4n) is 11.5. The van der Waals surface area contributed by atoms with E-state index in [9.17, 15) is 43.2 Å². The molecule has 0 aliphatic heterocycles. The van der Waals surface area contributed by atoms with Gasteiger partial charge < -0.3 is 33.8 Å². The maximum absolute atomic E-state index is 13.1. The summed E-state index contributed by atoms with van der Waals surface area (Å²) in [6.45, 7) is 14.1. The molecule has 0 aliphatic carbocycles. The molecule has 0 spiro atoms. The average Bonchev–Trinajstić information content (AvgIpc) is 1.43. The maximum Gasteiger partial charge on any atom is 0.472 e. The lowest BCUT2D eigenvalue weighted by atomic mass is 10.00. The Morgan fingerprint density at radius 2 is 0.505 bits per heavy atom. The molecule has 0 aromatic rings. The molecule has 0 bridgehead atoms. The summed E-state index contributed by atoms with van der Waals surface area (Å²) in [4.78, 5) is 72.7. The van der Waals surface area contributed by atoms with Gasteiger partial charge in [0.1, 0.15) is 19.3 Å². The molecule has 0 radical (unpaired) electrons. The van der Waals surface area contributed by atoms with Crippen LogP contribution in [0.2, 0.25) is 0 Å². The summed E-state index contributed by atoms with van der Waals surface area (Å²) in [5.74, 6) is 0.899. The normalized spacial score (nSPS) is 14.4. The van der Waals surface area contributed by atoms with Crippen LogP contribution in [0.5, 0.6) is 0 Å². The minimum atomic E-state index is -4.96. The lowest BCUT2D eigenvalue weighted by Gasteiger charge is -2.21. The first-order valence-electron chi connectivity index (χ1n) is 39.2. The molecule has 95 heavy (non-hydrogen) atoms. The molecule has 17 nitrogen and oxygen atoms in total. The quantitative estimate of drug-likeness (QED) is 0.0222. The Labute approximate surface area is 581 Å². The highest BCUT2D eigenvalue weighted by atomic mass is 31.2. The topological polar surface area (TPSA) is 237 Å². The lowest BCUT2D eigenvalue weighted by molar-refractivity contribution is -0.161. The number of phosphoric ester groups is 2. The van der Waals surface area contributed by atoms with Gasteiger partial charge in [-0.25, -0.2) is 9.13 Å². The van der Waals surface area contributed by atoms with Crippen molar-refractivity contribution < 1.29 is 80.2 Å². The smallest absolute Gasteiger partial charge is 0.462 e. The van der Waals surface area contributed by atoms with Crippen molar-refractivity contribution in [3.05, 3.63) is 0 Å². The molecular formula is C76H148O17P2. The second-order valence-electron chi connectivity index (χ2n) is 29.1. The number of rotatable bonds is 73. The zero-order valence-corrected chi connectivity index (χ0v) is 64.1. The number of phosphoric acid groups is 2. The third-order valence-corrected chi connectivity index (χ3v) is 19.8. The van der Waals surface area contributed by atoms with Crippen LogP contribution >= 0.6 is 15.6 Å². The van der Waals surface area contributed by atoms with Crippen molar-refractivity contribution in [3.8, 4) is 0 Å². The number of unbranched alkanes of at least 4 members (excludes halogenated alkanes) is 38. The number of hydrogen-bond donors (Lipinski definition) is 3. The standard InChI is InChI=1S/C76H148O17P2/c1-9-69(8)55-47-39-34-35-41-49-57-74(79)87-63-72(92-75(80)58-50-42-32-25-21-20-23-29-37-45-53-67(4)5)65-91-95(84,85)89-61-70(77)60-88-94(82,83)90-64-71(93-76(81)59-51-43-33-27-26-30-38-46-54-68(6)7)62-86-73(78)56-48-40-31-24-19-17-15-13-11-10-12-14-16-18-22-28-36-44-52-66(2)3/h66-72,77H,9-65H2,1-8H3,(H,82,83)(H,84,85)/t69?,70-,71-,72-/m1/s1. The van der Waals surface area contributed by atoms with E-state index in [0.717, 1.165) is 120 Å². The molecule has 3 unspecified atom stereocenters. The number of carbonyl (C=O) groups excluding carboxylic acids is 4. The molecule has 6 atom stereocenters. The molecule has 0 rings (SSSR count). The largest absolute Gasteiger partial charge is 0.472 e. The van der Waals surface area contributed by atoms with E-state index in [0.29, 0.717) is 25.7 Å². The summed E-state index contributed by atoms with van der Waals surface area (Å²) in [7, 11) is -9.91. The van der Waals surface area contributed by atoms with Crippen molar-refractivity contribution >= 4 is 39.5 Å². The van der Waals surface area contributed by atoms with Crippen LogP contribution in [0.15, 0.2) is 0 Å². The molecule has 0 amide bonds. The molecular weight excluding hydrogens is 1250 g/mol. The van der Waals surface area contributed by atoms with Crippen molar-refractivity contribution in [2.75, 3.05) is 39.6 Å². The van der Waals surface area contributed by atoms with Crippen molar-refractivity contribution in [2.45, 2.75) is 401 Å². The summed E-state index contributed by atoms with van der Waals surface area (Å²) >= 11 is 0. The number of esters is 4. The highest BCUT2D eigenvalue weighted by Crippen LogP contribution is 2.45. The second kappa shape index (κ2) is 65.4. The molecule has 0 heterocycles. The van der Waals surface area contributed by atoms with Gasteiger partial charge in [-0.15, -0.1) is 0 Å². The predicted molar refractivity (Wildman–Crippen MR) is 386 cm³/mol. The van der Waals surface area contributed by atoms with E-state index >= 15 is 0 Å². The first-order chi connectivity index (χ1) is 45.6. The lowest BCUT2D eigenvalue weighted by Crippen LogP contribution is -2.30. The summed E-state index contributed by atoms with van der Waals surface area (Å²) in [6.07, 6.45) is 50.2. The third kappa shape index (κ3) is 69.0. The fourth-order valence-corrected chi connectivity index (χ4v) is 13.1. The second-order valence-corrected chi connectivity index (χ2v) is 32.0. The van der Waals surface area contributed by atoms with Gasteiger partial charge in [0.25, 0.3) is 0 Å². The summed E-state index contributed by atoms with van der Waals surface area (Å²) < 4.78 is 68.5. The van der Waals surface area contributed by atoms with Gasteiger partial charge >= 0.3 is 39.5 Å². The van der Waals surface area contributed by atoms with Crippen LogP contribution in [0.3, 0.4) is 0 Å². The van der Waals surface area contributed by atoms with Crippen molar-refractivity contribution in [1.29, 1.82) is 0 Å². The molecule has 0 fully saturated rings. The molecule has 564 valence electrons. The van der Waals surface area contributed by atoms with Crippen LogP contribution < -0.4 is 0 Å². The summed E-state index contributed by atoms with van der Waals surface area (Å²) in [5, 5.41) is 10.6.